The van der Waals surface area contributed by atoms with Gasteiger partial charge in [-0.3, -0.25) is 14.4 Å². The third kappa shape index (κ3) is 8.24. The molecule has 3 N–H and O–H groups in total. The van der Waals surface area contributed by atoms with Crippen molar-refractivity contribution < 1.29 is 43.2 Å². The number of methoxy groups -OCH3 is 1. The van der Waals surface area contributed by atoms with Gasteiger partial charge in [-0.05, 0) is 37.5 Å². The smallest absolute Gasteiger partial charge is 0.480 e. The Morgan fingerprint density at radius 1 is 0.914 bits per heavy atom. The molecular formula is C25H37NO9. The van der Waals surface area contributed by atoms with Crippen LogP contribution in [-0.2, 0) is 23.9 Å². The lowest BCUT2D eigenvalue weighted by Gasteiger charge is -2.31. The highest BCUT2D eigenvalue weighted by atomic mass is 16.7. The predicted molar refractivity (Wildman–Crippen MR) is 127 cm³/mol. The summed E-state index contributed by atoms with van der Waals surface area (Å²) in [5.41, 5.74) is 6.43. The van der Waals surface area contributed by atoms with Gasteiger partial charge in [0.05, 0.1) is 18.9 Å². The molecule has 0 heterocycles. The van der Waals surface area contributed by atoms with Crippen LogP contribution in [0.3, 0.4) is 0 Å². The van der Waals surface area contributed by atoms with Crippen molar-refractivity contribution in [2.45, 2.75) is 72.4 Å². The van der Waals surface area contributed by atoms with Crippen molar-refractivity contribution in [3.8, 4) is 11.5 Å². The molecule has 0 aliphatic heterocycles. The Balaban J connectivity index is 3.52. The number of carbonyl (C=O) groups is 4. The van der Waals surface area contributed by atoms with Gasteiger partial charge in [-0.2, -0.15) is 0 Å². The van der Waals surface area contributed by atoms with Crippen LogP contribution in [0.4, 0.5) is 4.79 Å². The molecule has 0 fully saturated rings. The number of nitrogens with two attached hydrogens (primary N) is 1. The molecule has 5 unspecified atom stereocenters. The van der Waals surface area contributed by atoms with Crippen LogP contribution in [0.15, 0.2) is 18.2 Å². The number of ether oxygens (including phenoxy) is 4. The quantitative estimate of drug-likeness (QED) is 0.323. The molecule has 1 rings (SSSR count). The van der Waals surface area contributed by atoms with E-state index in [9.17, 15) is 24.3 Å². The number of carboxylic acids is 1. The van der Waals surface area contributed by atoms with Gasteiger partial charge in [-0.15, -0.1) is 0 Å². The van der Waals surface area contributed by atoms with Gasteiger partial charge in [-0.25, -0.2) is 4.79 Å². The zero-order valence-electron chi connectivity index (χ0n) is 21.4. The van der Waals surface area contributed by atoms with E-state index in [1.807, 2.05) is 13.8 Å². The summed E-state index contributed by atoms with van der Waals surface area (Å²) in [5, 5.41) is 9.64. The van der Waals surface area contributed by atoms with E-state index in [1.165, 1.54) is 12.1 Å². The first-order valence-electron chi connectivity index (χ1n) is 11.7. The highest BCUT2D eigenvalue weighted by Crippen LogP contribution is 2.37. The highest BCUT2D eigenvalue weighted by molar-refractivity contribution is 5.79. The molecule has 0 amide bonds. The highest BCUT2D eigenvalue weighted by Gasteiger charge is 2.36. The minimum Gasteiger partial charge on any atom is -0.480 e. The van der Waals surface area contributed by atoms with Crippen LogP contribution in [0.2, 0.25) is 0 Å². The van der Waals surface area contributed by atoms with Crippen molar-refractivity contribution >= 4 is 24.1 Å². The van der Waals surface area contributed by atoms with Gasteiger partial charge in [0, 0.05) is 11.8 Å². The molecule has 0 aliphatic carbocycles. The van der Waals surface area contributed by atoms with Gasteiger partial charge in [0.15, 0.2) is 11.5 Å². The molecule has 0 saturated carbocycles. The van der Waals surface area contributed by atoms with Crippen LogP contribution in [0.5, 0.6) is 11.5 Å². The maximum Gasteiger partial charge on any atom is 0.508 e. The van der Waals surface area contributed by atoms with E-state index in [1.54, 1.807) is 33.8 Å². The van der Waals surface area contributed by atoms with Gasteiger partial charge in [0.25, 0.3) is 0 Å². The first kappa shape index (κ1) is 29.9. The van der Waals surface area contributed by atoms with Crippen molar-refractivity contribution in [2.24, 2.45) is 23.5 Å². The van der Waals surface area contributed by atoms with Crippen LogP contribution in [-0.4, -0.2) is 48.4 Å². The molecule has 1 aromatic carbocycles. The van der Waals surface area contributed by atoms with E-state index in [2.05, 4.69) is 4.74 Å². The van der Waals surface area contributed by atoms with Crippen molar-refractivity contribution in [1.29, 1.82) is 0 Å². The number of hydrogen-bond acceptors (Lipinski definition) is 9. The Morgan fingerprint density at radius 2 is 1.43 bits per heavy atom. The molecule has 0 radical (unpaired) electrons. The van der Waals surface area contributed by atoms with Crippen molar-refractivity contribution in [3.05, 3.63) is 23.8 Å². The second kappa shape index (κ2) is 13.7. The largest absolute Gasteiger partial charge is 0.508 e. The minimum atomic E-state index is -1.37. The van der Waals surface area contributed by atoms with Gasteiger partial charge in [0.1, 0.15) is 12.1 Å². The predicted octanol–water partition coefficient (Wildman–Crippen LogP) is 3.89. The summed E-state index contributed by atoms with van der Waals surface area (Å²) in [6.07, 6.45) is -0.578. The summed E-state index contributed by atoms with van der Waals surface area (Å²) in [7, 11) is 1.16. The molecule has 0 spiro atoms. The fourth-order valence-corrected chi connectivity index (χ4v) is 3.24. The van der Waals surface area contributed by atoms with Gasteiger partial charge < -0.3 is 29.8 Å². The lowest BCUT2D eigenvalue weighted by atomic mass is 9.79. The zero-order valence-corrected chi connectivity index (χ0v) is 21.4. The van der Waals surface area contributed by atoms with Crippen molar-refractivity contribution in [3.63, 3.8) is 0 Å². The van der Waals surface area contributed by atoms with Gasteiger partial charge in [0.2, 0.25) is 0 Å². The average Bonchev–Trinajstić information content (AvgIpc) is 2.83. The number of hydrogen-bond donors (Lipinski definition) is 2. The molecule has 10 heteroatoms. The van der Waals surface area contributed by atoms with E-state index in [0.717, 1.165) is 7.11 Å². The average molecular weight is 496 g/mol. The number of esters is 2. The zero-order chi connectivity index (χ0) is 26.9. The summed E-state index contributed by atoms with van der Waals surface area (Å²) in [6.45, 7) is 10.4. The summed E-state index contributed by atoms with van der Waals surface area (Å²) in [4.78, 5) is 48.3. The number of rotatable bonds is 12. The van der Waals surface area contributed by atoms with Crippen molar-refractivity contribution in [2.75, 3.05) is 7.11 Å². The topological polar surface area (TPSA) is 151 Å². The van der Waals surface area contributed by atoms with Crippen LogP contribution < -0.4 is 15.2 Å². The molecule has 35 heavy (non-hydrogen) atoms. The SMILES string of the molecule is CCC(C)C(=O)Oc1ccc(C(C(C)C(C)OC(=O)OC)[C@H](N)C(=O)O)cc1OC(=O)C(C)CC. The third-order valence-electron chi connectivity index (χ3n) is 6.23. The lowest BCUT2D eigenvalue weighted by Crippen LogP contribution is -2.42. The van der Waals surface area contributed by atoms with Gasteiger partial charge >= 0.3 is 24.1 Å². The van der Waals surface area contributed by atoms with Crippen molar-refractivity contribution in [1.82, 2.24) is 0 Å². The Morgan fingerprint density at radius 3 is 1.89 bits per heavy atom. The Kier molecular flexibility index (Phi) is 11.7. The molecule has 1 aromatic rings. The molecule has 6 atom stereocenters. The molecule has 0 aliphatic rings. The van der Waals surface area contributed by atoms with E-state index in [0.29, 0.717) is 18.4 Å². The maximum atomic E-state index is 12.5. The standard InChI is InChI=1S/C25H37NO9/c1-8-13(3)23(29)34-18-11-10-17(12-19(18)35-24(30)14(4)9-2)20(21(26)22(27)28)15(5)16(6)33-25(31)32-7/h10-16,20-21H,8-9,26H2,1-7H3,(H,27,28)/t13?,14?,15?,16?,20?,21-/m0/s1. The maximum absolute atomic E-state index is 12.5. The second-order valence-corrected chi connectivity index (χ2v) is 8.69. The fourth-order valence-electron chi connectivity index (χ4n) is 3.24. The van der Waals surface area contributed by atoms with Gasteiger partial charge in [-0.1, -0.05) is 40.7 Å². The summed E-state index contributed by atoms with van der Waals surface area (Å²) >= 11 is 0. The Hall–Kier alpha value is -3.14. The monoisotopic (exact) mass is 495 g/mol. The summed E-state index contributed by atoms with van der Waals surface area (Å²) in [5.74, 6) is -4.51. The lowest BCUT2D eigenvalue weighted by molar-refractivity contribution is -0.141. The van der Waals surface area contributed by atoms with E-state index >= 15 is 0 Å². The number of carboxylic acid groups (broad SMARTS) is 1. The first-order chi connectivity index (χ1) is 16.4. The third-order valence-corrected chi connectivity index (χ3v) is 6.23. The molecule has 0 bridgehead atoms. The molecule has 10 nitrogen and oxygen atoms in total. The normalized spacial score (nSPS) is 16.1. The molecule has 0 saturated heterocycles. The second-order valence-electron chi connectivity index (χ2n) is 8.69. The minimum absolute atomic E-state index is 0.0271. The molecule has 196 valence electrons. The number of benzene rings is 1. The van der Waals surface area contributed by atoms with Crippen LogP contribution in [0.25, 0.3) is 0 Å². The number of aliphatic carboxylic acids is 1. The summed E-state index contributed by atoms with van der Waals surface area (Å²) in [6, 6.07) is 3.05. The first-order valence-corrected chi connectivity index (χ1v) is 11.7. The Bertz CT molecular complexity index is 901. The van der Waals surface area contributed by atoms with E-state index in [-0.39, 0.29) is 17.4 Å². The fraction of sp³-hybridized carbons (Fsp3) is 0.600. The van der Waals surface area contributed by atoms with E-state index < -0.39 is 54.0 Å². The van der Waals surface area contributed by atoms with E-state index in [4.69, 9.17) is 19.9 Å². The van der Waals surface area contributed by atoms with Crippen LogP contribution in [0, 0.1) is 17.8 Å². The number of carbonyl (C=O) groups excluding carboxylic acids is 3. The van der Waals surface area contributed by atoms with Crippen LogP contribution in [0.1, 0.15) is 65.9 Å². The molecular weight excluding hydrogens is 458 g/mol. The summed E-state index contributed by atoms with van der Waals surface area (Å²) < 4.78 is 20.7. The molecule has 0 aromatic heterocycles. The van der Waals surface area contributed by atoms with Crippen LogP contribution >= 0.6 is 0 Å². The Labute approximate surface area is 206 Å².